The summed E-state index contributed by atoms with van der Waals surface area (Å²) in [6, 6.07) is 0.673. The molecule has 0 aromatic heterocycles. The Morgan fingerprint density at radius 3 is 2.62 bits per heavy atom. The molecule has 3 nitrogen and oxygen atoms in total. The van der Waals surface area contributed by atoms with Gasteiger partial charge in [-0.2, -0.15) is 0 Å². The van der Waals surface area contributed by atoms with Crippen molar-refractivity contribution in [2.75, 3.05) is 32.8 Å². The normalized spacial score (nSPS) is 26.6. The first-order chi connectivity index (χ1) is 10.2. The second kappa shape index (κ2) is 8.50. The number of rotatable bonds is 7. The van der Waals surface area contributed by atoms with Crippen LogP contribution >= 0.6 is 0 Å². The van der Waals surface area contributed by atoms with Crippen molar-refractivity contribution >= 4 is 0 Å². The molecule has 1 unspecified atom stereocenters. The van der Waals surface area contributed by atoms with E-state index in [1.54, 1.807) is 0 Å². The monoisotopic (exact) mass is 296 g/mol. The van der Waals surface area contributed by atoms with Gasteiger partial charge in [-0.1, -0.05) is 46.5 Å². The Kier molecular flexibility index (Phi) is 6.97. The summed E-state index contributed by atoms with van der Waals surface area (Å²) in [6.07, 6.45) is 9.39. The van der Waals surface area contributed by atoms with Crippen LogP contribution in [0.3, 0.4) is 0 Å². The second-order valence-corrected chi connectivity index (χ2v) is 7.47. The standard InChI is InChI=1S/C18H36N2O/c1-4-5-12-21-13-11-20-15-18(9-7-6-8-10-18)19-14-17(20)16(2)3/h16-17,19H,4-15H2,1-3H3. The van der Waals surface area contributed by atoms with Crippen LogP contribution in [0.4, 0.5) is 0 Å². The molecule has 1 saturated carbocycles. The van der Waals surface area contributed by atoms with Crippen molar-refractivity contribution in [2.45, 2.75) is 77.3 Å². The summed E-state index contributed by atoms with van der Waals surface area (Å²) in [5, 5.41) is 3.92. The quantitative estimate of drug-likeness (QED) is 0.728. The average Bonchev–Trinajstić information content (AvgIpc) is 2.48. The smallest absolute Gasteiger partial charge is 0.0593 e. The van der Waals surface area contributed by atoms with Crippen LogP contribution in [0.1, 0.15) is 65.7 Å². The maximum Gasteiger partial charge on any atom is 0.0593 e. The molecule has 0 bridgehead atoms. The highest BCUT2D eigenvalue weighted by Crippen LogP contribution is 2.32. The van der Waals surface area contributed by atoms with Gasteiger partial charge in [0.25, 0.3) is 0 Å². The van der Waals surface area contributed by atoms with Crippen molar-refractivity contribution in [2.24, 2.45) is 5.92 Å². The topological polar surface area (TPSA) is 24.5 Å². The molecule has 1 atom stereocenters. The molecule has 0 aromatic carbocycles. The van der Waals surface area contributed by atoms with Crippen LogP contribution in [0.5, 0.6) is 0 Å². The molecular formula is C18H36N2O. The molecule has 1 aliphatic heterocycles. The summed E-state index contributed by atoms with van der Waals surface area (Å²) in [5.74, 6) is 0.717. The largest absolute Gasteiger partial charge is 0.380 e. The van der Waals surface area contributed by atoms with Gasteiger partial charge in [0.1, 0.15) is 0 Å². The summed E-state index contributed by atoms with van der Waals surface area (Å²) in [4.78, 5) is 2.72. The molecule has 1 saturated heterocycles. The van der Waals surface area contributed by atoms with E-state index in [4.69, 9.17) is 4.74 Å². The molecular weight excluding hydrogens is 260 g/mol. The van der Waals surface area contributed by atoms with Gasteiger partial charge in [0, 0.05) is 37.8 Å². The average molecular weight is 296 g/mol. The molecule has 3 heteroatoms. The molecule has 1 spiro atoms. The highest BCUT2D eigenvalue weighted by Gasteiger charge is 2.40. The summed E-state index contributed by atoms with van der Waals surface area (Å²) < 4.78 is 5.82. The number of unbranched alkanes of at least 4 members (excludes halogenated alkanes) is 1. The number of hydrogen-bond acceptors (Lipinski definition) is 3. The van der Waals surface area contributed by atoms with Crippen molar-refractivity contribution in [1.29, 1.82) is 0 Å². The summed E-state index contributed by atoms with van der Waals surface area (Å²) in [6.45, 7) is 12.3. The first-order valence-corrected chi connectivity index (χ1v) is 9.24. The minimum Gasteiger partial charge on any atom is -0.380 e. The fraction of sp³-hybridized carbons (Fsp3) is 1.00. The Labute approximate surface area is 131 Å². The maximum atomic E-state index is 5.82. The van der Waals surface area contributed by atoms with E-state index in [1.165, 1.54) is 51.5 Å². The third-order valence-electron chi connectivity index (χ3n) is 5.41. The third kappa shape index (κ3) is 4.94. The van der Waals surface area contributed by atoms with Gasteiger partial charge < -0.3 is 10.1 Å². The molecule has 0 radical (unpaired) electrons. The molecule has 1 aliphatic carbocycles. The van der Waals surface area contributed by atoms with Crippen LogP contribution in [0.25, 0.3) is 0 Å². The van der Waals surface area contributed by atoms with E-state index in [1.807, 2.05) is 0 Å². The zero-order valence-corrected chi connectivity index (χ0v) is 14.5. The van der Waals surface area contributed by atoms with Crippen molar-refractivity contribution in [3.05, 3.63) is 0 Å². The van der Waals surface area contributed by atoms with Gasteiger partial charge in [-0.05, 0) is 25.2 Å². The highest BCUT2D eigenvalue weighted by atomic mass is 16.5. The van der Waals surface area contributed by atoms with Crippen molar-refractivity contribution in [1.82, 2.24) is 10.2 Å². The second-order valence-electron chi connectivity index (χ2n) is 7.47. The number of nitrogens with zero attached hydrogens (tertiary/aromatic N) is 1. The van der Waals surface area contributed by atoms with Gasteiger partial charge in [0.15, 0.2) is 0 Å². The van der Waals surface area contributed by atoms with Crippen molar-refractivity contribution in [3.63, 3.8) is 0 Å². The van der Waals surface area contributed by atoms with Gasteiger partial charge in [-0.25, -0.2) is 0 Å². The van der Waals surface area contributed by atoms with E-state index in [9.17, 15) is 0 Å². The summed E-state index contributed by atoms with van der Waals surface area (Å²) in [5.41, 5.74) is 0.410. The van der Waals surface area contributed by atoms with Gasteiger partial charge >= 0.3 is 0 Å². The Balaban J connectivity index is 1.85. The molecule has 2 aliphatic rings. The third-order valence-corrected chi connectivity index (χ3v) is 5.41. The predicted molar refractivity (Wildman–Crippen MR) is 89.7 cm³/mol. The molecule has 124 valence electrons. The van der Waals surface area contributed by atoms with Gasteiger partial charge in [0.05, 0.1) is 6.61 Å². The van der Waals surface area contributed by atoms with E-state index >= 15 is 0 Å². The van der Waals surface area contributed by atoms with Crippen LogP contribution in [-0.4, -0.2) is 49.3 Å². The lowest BCUT2D eigenvalue weighted by Crippen LogP contribution is -2.66. The fourth-order valence-corrected chi connectivity index (χ4v) is 4.01. The van der Waals surface area contributed by atoms with Gasteiger partial charge in [-0.3, -0.25) is 4.90 Å². The van der Waals surface area contributed by atoms with Gasteiger partial charge in [-0.15, -0.1) is 0 Å². The number of nitrogens with one attached hydrogen (secondary N) is 1. The number of hydrogen-bond donors (Lipinski definition) is 1. The SMILES string of the molecule is CCCCOCCN1CC2(CCCCC2)NCC1C(C)C. The van der Waals surface area contributed by atoms with E-state index in [-0.39, 0.29) is 0 Å². The summed E-state index contributed by atoms with van der Waals surface area (Å²) in [7, 11) is 0. The number of ether oxygens (including phenoxy) is 1. The van der Waals surface area contributed by atoms with E-state index < -0.39 is 0 Å². The molecule has 2 fully saturated rings. The van der Waals surface area contributed by atoms with Crippen LogP contribution in [0.15, 0.2) is 0 Å². The van der Waals surface area contributed by atoms with E-state index in [0.29, 0.717) is 17.5 Å². The Morgan fingerprint density at radius 2 is 1.95 bits per heavy atom. The summed E-state index contributed by atoms with van der Waals surface area (Å²) >= 11 is 0. The van der Waals surface area contributed by atoms with E-state index in [0.717, 1.165) is 26.3 Å². The Morgan fingerprint density at radius 1 is 1.19 bits per heavy atom. The van der Waals surface area contributed by atoms with Crippen LogP contribution < -0.4 is 5.32 Å². The Bertz CT molecular complexity index is 287. The zero-order valence-electron chi connectivity index (χ0n) is 14.5. The van der Waals surface area contributed by atoms with Crippen LogP contribution in [0.2, 0.25) is 0 Å². The molecule has 21 heavy (non-hydrogen) atoms. The maximum absolute atomic E-state index is 5.82. The molecule has 2 rings (SSSR count). The fourth-order valence-electron chi connectivity index (χ4n) is 4.01. The lowest BCUT2D eigenvalue weighted by Gasteiger charge is -2.51. The van der Waals surface area contributed by atoms with Crippen molar-refractivity contribution < 1.29 is 4.74 Å². The van der Waals surface area contributed by atoms with Crippen molar-refractivity contribution in [3.8, 4) is 0 Å². The molecule has 1 N–H and O–H groups in total. The zero-order chi connectivity index (χ0) is 15.1. The highest BCUT2D eigenvalue weighted by molar-refractivity contribution is 5.00. The minimum absolute atomic E-state index is 0.410. The Hall–Kier alpha value is -0.120. The predicted octanol–water partition coefficient (Wildman–Crippen LogP) is 3.44. The number of piperazine rings is 1. The molecule has 0 amide bonds. The van der Waals surface area contributed by atoms with Crippen LogP contribution in [-0.2, 0) is 4.74 Å². The van der Waals surface area contributed by atoms with Gasteiger partial charge in [0.2, 0.25) is 0 Å². The van der Waals surface area contributed by atoms with Crippen LogP contribution in [0, 0.1) is 5.92 Å². The lowest BCUT2D eigenvalue weighted by atomic mass is 9.78. The van der Waals surface area contributed by atoms with E-state index in [2.05, 4.69) is 31.0 Å². The first-order valence-electron chi connectivity index (χ1n) is 9.24. The molecule has 0 aromatic rings. The lowest BCUT2D eigenvalue weighted by molar-refractivity contribution is 0.0124. The molecule has 1 heterocycles. The minimum atomic E-state index is 0.410. The first kappa shape index (κ1) is 17.2.